The van der Waals surface area contributed by atoms with E-state index in [1.165, 1.54) is 18.4 Å². The number of nitrogens with zero attached hydrogens (tertiary/aromatic N) is 3. The van der Waals surface area contributed by atoms with Crippen LogP contribution in [0.15, 0.2) is 6.20 Å². The Kier molecular flexibility index (Phi) is 3.30. The summed E-state index contributed by atoms with van der Waals surface area (Å²) in [4.78, 5) is 2.52. The zero-order chi connectivity index (χ0) is 11.7. The Hall–Kier alpha value is -0.870. The lowest BCUT2D eigenvalue weighted by molar-refractivity contribution is 0.195. The number of hydrogen-bond donors (Lipinski definition) is 1. The molecule has 0 aromatic carbocycles. The van der Waals surface area contributed by atoms with Crippen molar-refractivity contribution in [1.29, 1.82) is 0 Å². The zero-order valence-electron chi connectivity index (χ0n) is 10.5. The van der Waals surface area contributed by atoms with E-state index >= 15 is 0 Å². The molecule has 1 saturated heterocycles. The molecule has 2 rings (SSSR count). The highest BCUT2D eigenvalue weighted by molar-refractivity contribution is 5.21. The van der Waals surface area contributed by atoms with E-state index < -0.39 is 0 Å². The molecule has 1 aliphatic heterocycles. The van der Waals surface area contributed by atoms with Crippen LogP contribution in [0.2, 0.25) is 0 Å². The molecule has 1 fully saturated rings. The van der Waals surface area contributed by atoms with Crippen molar-refractivity contribution in [1.82, 2.24) is 14.7 Å². The minimum absolute atomic E-state index is 0.339. The van der Waals surface area contributed by atoms with Crippen LogP contribution in [0.25, 0.3) is 0 Å². The zero-order valence-corrected chi connectivity index (χ0v) is 10.5. The van der Waals surface area contributed by atoms with E-state index in [4.69, 9.17) is 5.73 Å². The predicted molar refractivity (Wildman–Crippen MR) is 65.1 cm³/mol. The van der Waals surface area contributed by atoms with Crippen LogP contribution in [0.1, 0.15) is 37.1 Å². The van der Waals surface area contributed by atoms with Gasteiger partial charge >= 0.3 is 0 Å². The lowest BCUT2D eigenvalue weighted by atomic mass is 10.1. The fourth-order valence-electron chi connectivity index (χ4n) is 2.80. The van der Waals surface area contributed by atoms with E-state index in [2.05, 4.69) is 30.0 Å². The normalized spacial score (nSPS) is 23.9. The Morgan fingerprint density at radius 1 is 1.62 bits per heavy atom. The molecular formula is C12H22N4. The first-order valence-corrected chi connectivity index (χ1v) is 6.09. The Balaban J connectivity index is 2.25. The molecule has 2 N–H and O–H groups in total. The van der Waals surface area contributed by atoms with Gasteiger partial charge in [0.15, 0.2) is 0 Å². The van der Waals surface area contributed by atoms with E-state index in [1.54, 1.807) is 0 Å². The number of likely N-dealkylation sites (tertiary alicyclic amines) is 1. The maximum atomic E-state index is 5.95. The van der Waals surface area contributed by atoms with E-state index in [0.717, 1.165) is 12.2 Å². The molecule has 0 amide bonds. The molecule has 0 spiro atoms. The maximum absolute atomic E-state index is 5.95. The summed E-state index contributed by atoms with van der Waals surface area (Å²) >= 11 is 0. The molecule has 4 heteroatoms. The summed E-state index contributed by atoms with van der Waals surface area (Å²) in [5.41, 5.74) is 8.35. The van der Waals surface area contributed by atoms with Crippen molar-refractivity contribution in [2.75, 3.05) is 13.1 Å². The van der Waals surface area contributed by atoms with E-state index in [1.807, 2.05) is 11.7 Å². The lowest BCUT2D eigenvalue weighted by Gasteiger charge is -2.30. The van der Waals surface area contributed by atoms with Crippen LogP contribution in [0.5, 0.6) is 0 Å². The monoisotopic (exact) mass is 222 g/mol. The molecule has 2 unspecified atom stereocenters. The lowest BCUT2D eigenvalue weighted by Crippen LogP contribution is -2.36. The first kappa shape index (κ1) is 11.6. The Morgan fingerprint density at radius 3 is 2.81 bits per heavy atom. The molecule has 1 aromatic rings. The number of hydrogen-bond acceptors (Lipinski definition) is 3. The molecule has 0 bridgehead atoms. The van der Waals surface area contributed by atoms with Crippen molar-refractivity contribution in [3.05, 3.63) is 17.5 Å². The van der Waals surface area contributed by atoms with Crippen molar-refractivity contribution in [3.63, 3.8) is 0 Å². The number of aromatic nitrogens is 2. The van der Waals surface area contributed by atoms with Gasteiger partial charge in [-0.1, -0.05) is 0 Å². The fraction of sp³-hybridized carbons (Fsp3) is 0.750. The highest BCUT2D eigenvalue weighted by Crippen LogP contribution is 2.29. The van der Waals surface area contributed by atoms with Gasteiger partial charge in [-0.05, 0) is 33.2 Å². The molecule has 4 nitrogen and oxygen atoms in total. The highest BCUT2D eigenvalue weighted by Gasteiger charge is 2.29. The number of nitrogens with two attached hydrogens (primary N) is 1. The van der Waals surface area contributed by atoms with Gasteiger partial charge in [-0.3, -0.25) is 9.58 Å². The largest absolute Gasteiger partial charge is 0.329 e. The summed E-state index contributed by atoms with van der Waals surface area (Å²) in [6.45, 7) is 6.20. The second-order valence-corrected chi connectivity index (χ2v) is 4.82. The highest BCUT2D eigenvalue weighted by atomic mass is 15.3. The number of rotatable bonds is 3. The number of aryl methyl sites for hydroxylation is 2. The van der Waals surface area contributed by atoms with E-state index in [0.29, 0.717) is 18.6 Å². The summed E-state index contributed by atoms with van der Waals surface area (Å²) in [6.07, 6.45) is 4.69. The molecule has 1 aliphatic rings. The van der Waals surface area contributed by atoms with Crippen LogP contribution in [0.3, 0.4) is 0 Å². The van der Waals surface area contributed by atoms with Crippen LogP contribution >= 0.6 is 0 Å². The van der Waals surface area contributed by atoms with Crippen LogP contribution in [-0.4, -0.2) is 33.8 Å². The Morgan fingerprint density at radius 2 is 2.38 bits per heavy atom. The summed E-state index contributed by atoms with van der Waals surface area (Å²) in [6, 6.07) is 0.986. The SMILES string of the molecule is Cc1nn(C)cc1C(CN)N1CCCC1C. The summed E-state index contributed by atoms with van der Waals surface area (Å²) < 4.78 is 1.88. The van der Waals surface area contributed by atoms with Gasteiger partial charge < -0.3 is 5.73 Å². The minimum Gasteiger partial charge on any atom is -0.329 e. The van der Waals surface area contributed by atoms with Gasteiger partial charge in [-0.15, -0.1) is 0 Å². The van der Waals surface area contributed by atoms with Gasteiger partial charge in [-0.2, -0.15) is 5.10 Å². The molecule has 16 heavy (non-hydrogen) atoms. The van der Waals surface area contributed by atoms with E-state index in [9.17, 15) is 0 Å². The maximum Gasteiger partial charge on any atom is 0.0641 e. The molecular weight excluding hydrogens is 200 g/mol. The average molecular weight is 222 g/mol. The van der Waals surface area contributed by atoms with Gasteiger partial charge in [0.2, 0.25) is 0 Å². The van der Waals surface area contributed by atoms with Gasteiger partial charge in [0.25, 0.3) is 0 Å². The second kappa shape index (κ2) is 4.55. The third kappa shape index (κ3) is 1.99. The molecule has 1 aromatic heterocycles. The van der Waals surface area contributed by atoms with Crippen molar-refractivity contribution in [3.8, 4) is 0 Å². The topological polar surface area (TPSA) is 47.1 Å². The van der Waals surface area contributed by atoms with E-state index in [-0.39, 0.29) is 0 Å². The second-order valence-electron chi connectivity index (χ2n) is 4.82. The van der Waals surface area contributed by atoms with Crippen LogP contribution < -0.4 is 5.73 Å². The van der Waals surface area contributed by atoms with Gasteiger partial charge in [-0.25, -0.2) is 0 Å². The predicted octanol–water partition coefficient (Wildman–Crippen LogP) is 1.21. The summed E-state index contributed by atoms with van der Waals surface area (Å²) in [5, 5.41) is 4.41. The average Bonchev–Trinajstić information content (AvgIpc) is 2.77. The van der Waals surface area contributed by atoms with Crippen LogP contribution in [-0.2, 0) is 7.05 Å². The van der Waals surface area contributed by atoms with Crippen molar-refractivity contribution >= 4 is 0 Å². The first-order valence-electron chi connectivity index (χ1n) is 6.09. The van der Waals surface area contributed by atoms with Crippen molar-refractivity contribution < 1.29 is 0 Å². The van der Waals surface area contributed by atoms with Crippen molar-refractivity contribution in [2.45, 2.75) is 38.8 Å². The van der Waals surface area contributed by atoms with Gasteiger partial charge in [0, 0.05) is 31.4 Å². The molecule has 90 valence electrons. The van der Waals surface area contributed by atoms with Crippen LogP contribution in [0.4, 0.5) is 0 Å². The van der Waals surface area contributed by atoms with Gasteiger partial charge in [0.1, 0.15) is 0 Å². The smallest absolute Gasteiger partial charge is 0.0641 e. The fourth-order valence-corrected chi connectivity index (χ4v) is 2.80. The molecule has 2 heterocycles. The summed E-state index contributed by atoms with van der Waals surface area (Å²) in [5.74, 6) is 0. The molecule has 0 radical (unpaired) electrons. The molecule has 0 saturated carbocycles. The standard InChI is InChI=1S/C12H22N4/c1-9-5-4-6-16(9)12(7-13)11-8-15(3)14-10(11)2/h8-9,12H,4-7,13H2,1-3H3. The Labute approximate surface area is 97.4 Å². The quantitative estimate of drug-likeness (QED) is 0.836. The third-order valence-corrected chi connectivity index (χ3v) is 3.64. The van der Waals surface area contributed by atoms with Crippen LogP contribution in [0, 0.1) is 6.92 Å². The molecule has 0 aliphatic carbocycles. The summed E-state index contributed by atoms with van der Waals surface area (Å²) in [7, 11) is 1.97. The molecule has 2 atom stereocenters. The first-order chi connectivity index (χ1) is 7.63. The third-order valence-electron chi connectivity index (χ3n) is 3.64. The van der Waals surface area contributed by atoms with Crippen molar-refractivity contribution in [2.24, 2.45) is 12.8 Å². The van der Waals surface area contributed by atoms with Gasteiger partial charge in [0.05, 0.1) is 11.7 Å². The Bertz CT molecular complexity index is 358. The minimum atomic E-state index is 0.339.